The second-order valence-corrected chi connectivity index (χ2v) is 14.0. The molecule has 0 unspecified atom stereocenters. The summed E-state index contributed by atoms with van der Waals surface area (Å²) in [6, 6.07) is 9.66. The maximum absolute atomic E-state index is 16.7. The fourth-order valence-electron chi connectivity index (χ4n) is 7.41. The molecule has 3 atom stereocenters. The lowest BCUT2D eigenvalue weighted by Gasteiger charge is -2.31. The minimum atomic E-state index is -0.930. The molecular weight excluding hydrogens is 609 g/mol. The van der Waals surface area contributed by atoms with Crippen molar-refractivity contribution in [2.24, 2.45) is 0 Å². The van der Waals surface area contributed by atoms with Gasteiger partial charge in [0.25, 0.3) is 0 Å². The van der Waals surface area contributed by atoms with Gasteiger partial charge in [0.2, 0.25) is 0 Å². The number of fused-ring (bicyclic) bond motifs is 3. The molecule has 0 bridgehead atoms. The van der Waals surface area contributed by atoms with E-state index >= 15 is 8.78 Å². The van der Waals surface area contributed by atoms with Gasteiger partial charge in [0, 0.05) is 56.3 Å². The molecule has 9 nitrogen and oxygen atoms in total. The molecule has 2 aromatic carbocycles. The third-order valence-electron chi connectivity index (χ3n) is 9.68. The summed E-state index contributed by atoms with van der Waals surface area (Å²) >= 11 is 0. The van der Waals surface area contributed by atoms with Crippen molar-refractivity contribution in [3.05, 3.63) is 54.2 Å². The number of halogens is 3. The van der Waals surface area contributed by atoms with Crippen LogP contribution in [0.1, 0.15) is 46.5 Å². The molecule has 7 rings (SSSR count). The van der Waals surface area contributed by atoms with Gasteiger partial charge in [-0.2, -0.15) is 9.97 Å². The van der Waals surface area contributed by atoms with Gasteiger partial charge < -0.3 is 19.3 Å². The zero-order valence-corrected chi connectivity index (χ0v) is 27.1. The Labute approximate surface area is 271 Å². The highest BCUT2D eigenvalue weighted by Gasteiger charge is 2.49. The van der Waals surface area contributed by atoms with E-state index in [9.17, 15) is 9.18 Å². The number of anilines is 1. The zero-order chi connectivity index (χ0) is 33.1. The van der Waals surface area contributed by atoms with Crippen molar-refractivity contribution in [2.45, 2.75) is 69.8 Å². The van der Waals surface area contributed by atoms with Crippen molar-refractivity contribution in [1.82, 2.24) is 24.8 Å². The first kappa shape index (κ1) is 31.4. The molecule has 248 valence electrons. The second kappa shape index (κ2) is 11.8. The van der Waals surface area contributed by atoms with Gasteiger partial charge in [-0.15, -0.1) is 0 Å². The van der Waals surface area contributed by atoms with Crippen LogP contribution in [-0.4, -0.2) is 94.0 Å². The molecule has 4 aromatic rings. The number of likely N-dealkylation sites (N-methyl/N-ethyl adjacent to an activating group) is 1. The van der Waals surface area contributed by atoms with Gasteiger partial charge in [-0.05, 0) is 58.0 Å². The number of pyridine rings is 1. The third-order valence-corrected chi connectivity index (χ3v) is 9.68. The average Bonchev–Trinajstić information content (AvgIpc) is 3.74. The van der Waals surface area contributed by atoms with Gasteiger partial charge in [0.05, 0.1) is 10.9 Å². The number of benzene rings is 2. The predicted molar refractivity (Wildman–Crippen MR) is 173 cm³/mol. The maximum atomic E-state index is 16.7. The maximum Gasteiger partial charge on any atom is 0.410 e. The smallest absolute Gasteiger partial charge is 0.410 e. The number of carbonyl (C=O) groups is 1. The van der Waals surface area contributed by atoms with E-state index in [1.54, 1.807) is 35.2 Å². The second-order valence-electron chi connectivity index (χ2n) is 14.0. The van der Waals surface area contributed by atoms with Crippen LogP contribution in [0.25, 0.3) is 32.9 Å². The zero-order valence-electron chi connectivity index (χ0n) is 27.1. The van der Waals surface area contributed by atoms with E-state index in [0.29, 0.717) is 54.6 Å². The van der Waals surface area contributed by atoms with Crippen LogP contribution in [0.5, 0.6) is 6.01 Å². The lowest BCUT2D eigenvalue weighted by Crippen LogP contribution is -2.43. The Morgan fingerprint density at radius 3 is 2.68 bits per heavy atom. The Morgan fingerprint density at radius 1 is 1.11 bits per heavy atom. The number of hydrogen-bond acceptors (Lipinski definition) is 8. The first-order valence-corrected chi connectivity index (χ1v) is 16.2. The van der Waals surface area contributed by atoms with Crippen molar-refractivity contribution < 1.29 is 27.4 Å². The summed E-state index contributed by atoms with van der Waals surface area (Å²) in [5.41, 5.74) is -0.834. The van der Waals surface area contributed by atoms with Gasteiger partial charge in [-0.3, -0.25) is 9.88 Å². The van der Waals surface area contributed by atoms with E-state index in [-0.39, 0.29) is 35.3 Å². The fourth-order valence-corrected chi connectivity index (χ4v) is 7.41. The molecule has 0 N–H and O–H groups in total. The number of hydrogen-bond donors (Lipinski definition) is 0. The number of rotatable bonds is 6. The largest absolute Gasteiger partial charge is 0.461 e. The van der Waals surface area contributed by atoms with Crippen molar-refractivity contribution in [1.29, 1.82) is 0 Å². The van der Waals surface area contributed by atoms with E-state index in [1.165, 1.54) is 12.3 Å². The molecule has 47 heavy (non-hydrogen) atoms. The van der Waals surface area contributed by atoms with Crippen molar-refractivity contribution in [3.63, 3.8) is 0 Å². The molecule has 0 aliphatic carbocycles. The van der Waals surface area contributed by atoms with Crippen LogP contribution in [0.3, 0.4) is 0 Å². The third kappa shape index (κ3) is 5.81. The highest BCUT2D eigenvalue weighted by molar-refractivity contribution is 5.99. The molecule has 3 saturated heterocycles. The summed E-state index contributed by atoms with van der Waals surface area (Å²) in [4.78, 5) is 32.3. The van der Waals surface area contributed by atoms with Crippen LogP contribution in [0.4, 0.5) is 23.8 Å². The number of ether oxygens (including phenoxy) is 2. The minimum Gasteiger partial charge on any atom is -0.461 e. The fraction of sp³-hybridized carbons (Fsp3) is 0.486. The predicted octanol–water partition coefficient (Wildman–Crippen LogP) is 6.52. The lowest BCUT2D eigenvalue weighted by molar-refractivity contribution is 0.0292. The molecule has 3 fully saturated rings. The summed E-state index contributed by atoms with van der Waals surface area (Å²) in [7, 11) is 1.84. The standard InChI is InChI=1S/C35H39F3N6O3/c1-34(2,3)47-33(45)43-15-12-23(19-43)42(4)31-25-17-39-29(24-10-5-8-21-9-6-11-26(37)27(21)24)28(38)30(25)40-32(41-31)46-20-35-13-7-14-44(35)18-22(36)16-35/h5-6,8-11,17,22-23H,7,12-16,18-20H2,1-4H3/t22-,23-,35+/m1/s1. The van der Waals surface area contributed by atoms with E-state index in [0.717, 1.165) is 19.4 Å². The summed E-state index contributed by atoms with van der Waals surface area (Å²) < 4.78 is 58.0. The topological polar surface area (TPSA) is 83.9 Å². The summed E-state index contributed by atoms with van der Waals surface area (Å²) in [5.74, 6) is -0.823. The Balaban J connectivity index is 1.28. The van der Waals surface area contributed by atoms with Crippen LogP contribution in [0.15, 0.2) is 42.6 Å². The van der Waals surface area contributed by atoms with Gasteiger partial charge >= 0.3 is 12.1 Å². The Bertz CT molecular complexity index is 1850. The Morgan fingerprint density at radius 2 is 1.89 bits per heavy atom. The Hall–Kier alpha value is -4.19. The number of alkyl halides is 1. The van der Waals surface area contributed by atoms with E-state index in [4.69, 9.17) is 14.5 Å². The average molecular weight is 649 g/mol. The number of amides is 1. The van der Waals surface area contributed by atoms with Gasteiger partial charge in [-0.1, -0.05) is 30.3 Å². The van der Waals surface area contributed by atoms with Crippen LogP contribution < -0.4 is 9.64 Å². The molecular formula is C35H39F3N6O3. The van der Waals surface area contributed by atoms with Crippen molar-refractivity contribution in [3.8, 4) is 17.3 Å². The molecule has 1 amide bonds. The van der Waals surface area contributed by atoms with Crippen molar-refractivity contribution in [2.75, 3.05) is 44.7 Å². The van der Waals surface area contributed by atoms with Crippen LogP contribution in [0, 0.1) is 11.6 Å². The van der Waals surface area contributed by atoms with E-state index in [1.807, 2.05) is 32.7 Å². The number of carbonyl (C=O) groups excluding carboxylic acids is 1. The first-order valence-electron chi connectivity index (χ1n) is 16.2. The molecule has 3 aliphatic heterocycles. The number of aromatic nitrogens is 3. The monoisotopic (exact) mass is 648 g/mol. The molecule has 5 heterocycles. The lowest BCUT2D eigenvalue weighted by atomic mass is 9.95. The van der Waals surface area contributed by atoms with E-state index in [2.05, 4.69) is 14.9 Å². The van der Waals surface area contributed by atoms with Gasteiger partial charge in [0.1, 0.15) is 41.2 Å². The van der Waals surface area contributed by atoms with Crippen molar-refractivity contribution >= 4 is 33.6 Å². The number of likely N-dealkylation sites (tertiary alicyclic amines) is 1. The van der Waals surface area contributed by atoms with Crippen LogP contribution in [-0.2, 0) is 4.74 Å². The number of nitrogens with zero attached hydrogens (tertiary/aromatic N) is 6. The SMILES string of the molecule is CN(c1nc(OC[C@@]23CCCN2C[C@H](F)C3)nc2c(F)c(-c3cccc4cccc(F)c34)ncc12)[C@@H]1CCN(C(=O)OC(C)(C)C)C1. The van der Waals surface area contributed by atoms with Crippen LogP contribution in [0.2, 0.25) is 0 Å². The molecule has 3 aliphatic rings. The summed E-state index contributed by atoms with van der Waals surface area (Å²) in [6.07, 6.45) is 2.93. The summed E-state index contributed by atoms with van der Waals surface area (Å²) in [5, 5.41) is 1.23. The first-order chi connectivity index (χ1) is 22.4. The molecule has 12 heteroatoms. The van der Waals surface area contributed by atoms with Gasteiger partial charge in [0.15, 0.2) is 5.82 Å². The Kier molecular flexibility index (Phi) is 7.89. The highest BCUT2D eigenvalue weighted by Crippen LogP contribution is 2.41. The van der Waals surface area contributed by atoms with Gasteiger partial charge in [-0.25, -0.2) is 18.0 Å². The normalized spacial score (nSPS) is 23.1. The van der Waals surface area contributed by atoms with E-state index < -0.39 is 35.0 Å². The molecule has 0 spiro atoms. The summed E-state index contributed by atoms with van der Waals surface area (Å²) in [6.45, 7) is 7.69. The molecule has 0 saturated carbocycles. The molecule has 2 aromatic heterocycles. The highest BCUT2D eigenvalue weighted by atomic mass is 19.1. The molecule has 0 radical (unpaired) electrons. The minimum absolute atomic E-state index is 0.0206. The quantitative estimate of drug-likeness (QED) is 0.234. The van der Waals surface area contributed by atoms with Crippen LogP contribution >= 0.6 is 0 Å².